The Morgan fingerprint density at radius 2 is 2.33 bits per heavy atom. The molecule has 5 nitrogen and oxygen atoms in total. The van der Waals surface area contributed by atoms with Crippen LogP contribution in [0.15, 0.2) is 18.5 Å². The highest BCUT2D eigenvalue weighted by Gasteiger charge is 2.06. The molecule has 0 bridgehead atoms. The number of carbonyl (C=O) groups is 1. The standard InChI is InChI=1S/C9H11FN2O3/c1-14-2-3-15-12-9(13)7-4-8(10)6-11-5-7/h4-6H,2-3H2,1H3,(H,12,13). The van der Waals surface area contributed by atoms with Gasteiger partial charge in [0.2, 0.25) is 0 Å². The SMILES string of the molecule is COCCONC(=O)c1cncc(F)c1. The Hall–Kier alpha value is -1.53. The molecular weight excluding hydrogens is 203 g/mol. The highest BCUT2D eigenvalue weighted by molar-refractivity contribution is 5.93. The van der Waals surface area contributed by atoms with E-state index in [-0.39, 0.29) is 12.2 Å². The Balaban J connectivity index is 2.40. The van der Waals surface area contributed by atoms with Gasteiger partial charge >= 0.3 is 0 Å². The summed E-state index contributed by atoms with van der Waals surface area (Å²) in [7, 11) is 1.52. The van der Waals surface area contributed by atoms with Crippen LogP contribution in [0.5, 0.6) is 0 Å². The Morgan fingerprint density at radius 3 is 3.00 bits per heavy atom. The molecule has 1 heterocycles. The van der Waals surface area contributed by atoms with Gasteiger partial charge in [-0.25, -0.2) is 9.87 Å². The van der Waals surface area contributed by atoms with Crippen molar-refractivity contribution in [1.82, 2.24) is 10.5 Å². The van der Waals surface area contributed by atoms with Crippen LogP contribution in [0.2, 0.25) is 0 Å². The third-order valence-electron chi connectivity index (χ3n) is 1.52. The van der Waals surface area contributed by atoms with Crippen molar-refractivity contribution in [3.63, 3.8) is 0 Å². The van der Waals surface area contributed by atoms with E-state index in [1.165, 1.54) is 13.3 Å². The van der Waals surface area contributed by atoms with Crippen molar-refractivity contribution in [2.75, 3.05) is 20.3 Å². The number of hydroxylamine groups is 1. The summed E-state index contributed by atoms with van der Waals surface area (Å²) < 4.78 is 17.4. The summed E-state index contributed by atoms with van der Waals surface area (Å²) in [5.74, 6) is -1.11. The van der Waals surface area contributed by atoms with Crippen LogP contribution in [-0.4, -0.2) is 31.2 Å². The fourth-order valence-electron chi connectivity index (χ4n) is 0.837. The van der Waals surface area contributed by atoms with Crippen LogP contribution in [0.25, 0.3) is 0 Å². The Kier molecular flexibility index (Phi) is 4.65. The van der Waals surface area contributed by atoms with Gasteiger partial charge in [-0.2, -0.15) is 0 Å². The first-order chi connectivity index (χ1) is 7.24. The Morgan fingerprint density at radius 1 is 1.53 bits per heavy atom. The van der Waals surface area contributed by atoms with Gasteiger partial charge in [-0.05, 0) is 6.07 Å². The van der Waals surface area contributed by atoms with E-state index < -0.39 is 11.7 Å². The molecule has 0 aromatic carbocycles. The van der Waals surface area contributed by atoms with E-state index in [9.17, 15) is 9.18 Å². The topological polar surface area (TPSA) is 60.5 Å². The molecule has 1 amide bonds. The maximum Gasteiger partial charge on any atom is 0.276 e. The summed E-state index contributed by atoms with van der Waals surface area (Å²) in [6, 6.07) is 1.07. The van der Waals surface area contributed by atoms with E-state index in [0.29, 0.717) is 6.61 Å². The highest BCUT2D eigenvalue weighted by atomic mass is 19.1. The first-order valence-electron chi connectivity index (χ1n) is 4.25. The summed E-state index contributed by atoms with van der Waals surface area (Å²) in [5.41, 5.74) is 2.24. The summed E-state index contributed by atoms with van der Waals surface area (Å²) in [4.78, 5) is 19.6. The Bertz CT molecular complexity index is 333. The fourth-order valence-corrected chi connectivity index (χ4v) is 0.837. The predicted molar refractivity (Wildman–Crippen MR) is 49.5 cm³/mol. The van der Waals surface area contributed by atoms with Gasteiger partial charge in [0.1, 0.15) is 5.82 Å². The van der Waals surface area contributed by atoms with Gasteiger partial charge in [0, 0.05) is 13.3 Å². The fraction of sp³-hybridized carbons (Fsp3) is 0.333. The lowest BCUT2D eigenvalue weighted by molar-refractivity contribution is 0.00884. The quantitative estimate of drug-likeness (QED) is 0.573. The van der Waals surface area contributed by atoms with Gasteiger partial charge in [0.25, 0.3) is 5.91 Å². The number of hydrogen-bond acceptors (Lipinski definition) is 4. The number of carbonyl (C=O) groups excluding carboxylic acids is 1. The second-order valence-corrected chi connectivity index (χ2v) is 2.66. The molecular formula is C9H11FN2O3. The molecule has 15 heavy (non-hydrogen) atoms. The molecule has 0 saturated heterocycles. The van der Waals surface area contributed by atoms with Crippen LogP contribution >= 0.6 is 0 Å². The Labute approximate surface area is 86.2 Å². The molecule has 0 radical (unpaired) electrons. The minimum Gasteiger partial charge on any atom is -0.382 e. The number of rotatable bonds is 5. The van der Waals surface area contributed by atoms with E-state index in [1.807, 2.05) is 0 Å². The van der Waals surface area contributed by atoms with Crippen molar-refractivity contribution in [2.45, 2.75) is 0 Å². The van der Waals surface area contributed by atoms with Crippen molar-refractivity contribution in [1.29, 1.82) is 0 Å². The molecule has 0 unspecified atom stereocenters. The average Bonchev–Trinajstić information content (AvgIpc) is 2.24. The van der Waals surface area contributed by atoms with E-state index in [0.717, 1.165) is 12.3 Å². The minimum atomic E-state index is -0.570. The third-order valence-corrected chi connectivity index (χ3v) is 1.52. The summed E-state index contributed by atoms with van der Waals surface area (Å²) in [5, 5.41) is 0. The first-order valence-corrected chi connectivity index (χ1v) is 4.25. The molecule has 6 heteroatoms. The lowest BCUT2D eigenvalue weighted by Crippen LogP contribution is -2.25. The van der Waals surface area contributed by atoms with Gasteiger partial charge in [-0.3, -0.25) is 14.6 Å². The maximum absolute atomic E-state index is 12.7. The van der Waals surface area contributed by atoms with Crippen LogP contribution in [0.3, 0.4) is 0 Å². The predicted octanol–water partition coefficient (Wildman–Crippen LogP) is 0.528. The summed E-state index contributed by atoms with van der Waals surface area (Å²) >= 11 is 0. The molecule has 0 spiro atoms. The number of nitrogens with one attached hydrogen (secondary N) is 1. The largest absolute Gasteiger partial charge is 0.382 e. The van der Waals surface area contributed by atoms with Crippen LogP contribution in [0.1, 0.15) is 10.4 Å². The van der Waals surface area contributed by atoms with Gasteiger partial charge in [0.05, 0.1) is 25.0 Å². The lowest BCUT2D eigenvalue weighted by atomic mass is 10.3. The van der Waals surface area contributed by atoms with Crippen molar-refractivity contribution in [3.05, 3.63) is 29.8 Å². The van der Waals surface area contributed by atoms with E-state index in [4.69, 9.17) is 9.57 Å². The molecule has 0 aliphatic carbocycles. The molecule has 1 aromatic heterocycles. The molecule has 1 rings (SSSR count). The van der Waals surface area contributed by atoms with Gasteiger partial charge in [-0.1, -0.05) is 0 Å². The number of halogens is 1. The van der Waals surface area contributed by atoms with Crippen LogP contribution in [-0.2, 0) is 9.57 Å². The second-order valence-electron chi connectivity index (χ2n) is 2.66. The number of hydrogen-bond donors (Lipinski definition) is 1. The monoisotopic (exact) mass is 214 g/mol. The van der Waals surface area contributed by atoms with E-state index in [2.05, 4.69) is 10.5 Å². The van der Waals surface area contributed by atoms with Crippen LogP contribution in [0.4, 0.5) is 4.39 Å². The lowest BCUT2D eigenvalue weighted by Gasteiger charge is -2.04. The summed E-state index contributed by atoms with van der Waals surface area (Å²) in [6.45, 7) is 0.590. The van der Waals surface area contributed by atoms with E-state index >= 15 is 0 Å². The van der Waals surface area contributed by atoms with Gasteiger partial charge in [-0.15, -0.1) is 0 Å². The third kappa shape index (κ3) is 4.01. The average molecular weight is 214 g/mol. The molecule has 0 fully saturated rings. The molecule has 0 aliphatic rings. The minimum absolute atomic E-state index is 0.104. The van der Waals surface area contributed by atoms with Crippen molar-refractivity contribution in [2.24, 2.45) is 0 Å². The maximum atomic E-state index is 12.7. The van der Waals surface area contributed by atoms with E-state index in [1.54, 1.807) is 0 Å². The highest BCUT2D eigenvalue weighted by Crippen LogP contribution is 2.00. The number of methoxy groups -OCH3 is 1. The number of aromatic nitrogens is 1. The molecule has 0 saturated carbocycles. The van der Waals surface area contributed by atoms with Crippen molar-refractivity contribution < 1.29 is 18.8 Å². The molecule has 0 atom stereocenters. The second kappa shape index (κ2) is 6.05. The van der Waals surface area contributed by atoms with Crippen molar-refractivity contribution >= 4 is 5.91 Å². The number of nitrogens with zero attached hydrogens (tertiary/aromatic N) is 1. The zero-order chi connectivity index (χ0) is 11.1. The smallest absolute Gasteiger partial charge is 0.276 e. The molecule has 82 valence electrons. The van der Waals surface area contributed by atoms with Crippen LogP contribution < -0.4 is 5.48 Å². The molecule has 1 N–H and O–H groups in total. The van der Waals surface area contributed by atoms with Crippen molar-refractivity contribution in [3.8, 4) is 0 Å². The zero-order valence-electron chi connectivity index (χ0n) is 8.20. The zero-order valence-corrected chi connectivity index (χ0v) is 8.20. The normalized spacial score (nSPS) is 10.0. The number of pyridine rings is 1. The van der Waals surface area contributed by atoms with Crippen LogP contribution in [0, 0.1) is 5.82 Å². The molecule has 0 aliphatic heterocycles. The van der Waals surface area contributed by atoms with Gasteiger partial charge < -0.3 is 4.74 Å². The molecule has 1 aromatic rings. The number of ether oxygens (including phenoxy) is 1. The van der Waals surface area contributed by atoms with Gasteiger partial charge in [0.15, 0.2) is 0 Å². The first kappa shape index (κ1) is 11.5. The summed E-state index contributed by atoms with van der Waals surface area (Å²) in [6.07, 6.45) is 2.26. The number of amides is 1.